The van der Waals surface area contributed by atoms with E-state index in [0.717, 1.165) is 39.6 Å². The minimum absolute atomic E-state index is 0.514. The van der Waals surface area contributed by atoms with Crippen LogP contribution in [-0.2, 0) is 13.2 Å². The van der Waals surface area contributed by atoms with Gasteiger partial charge in [0.15, 0.2) is 0 Å². The zero-order valence-corrected chi connectivity index (χ0v) is 13.5. The van der Waals surface area contributed by atoms with E-state index in [9.17, 15) is 0 Å². The smallest absolute Gasteiger partial charge is 0.131 e. The first-order valence-corrected chi connectivity index (χ1v) is 7.89. The molecular weight excluding hydrogens is 324 g/mol. The lowest BCUT2D eigenvalue weighted by atomic mass is 10.2. The molecule has 0 aliphatic heterocycles. The Kier molecular flexibility index (Phi) is 5.36. The van der Waals surface area contributed by atoms with E-state index in [0.29, 0.717) is 6.61 Å². The molecule has 0 saturated carbocycles. The monoisotopic (exact) mass is 340 g/mol. The highest BCUT2D eigenvalue weighted by atomic mass is 79.9. The highest BCUT2D eigenvalue weighted by Crippen LogP contribution is 2.24. The molecule has 1 N–H and O–H groups in total. The third-order valence-corrected chi connectivity index (χ3v) is 4.04. The summed E-state index contributed by atoms with van der Waals surface area (Å²) < 4.78 is 6.84. The summed E-state index contributed by atoms with van der Waals surface area (Å²) >= 11 is 5.12. The van der Waals surface area contributed by atoms with Crippen molar-refractivity contribution in [1.82, 2.24) is 10.3 Å². The standard InChI is InChI=1S/C14H17BrN2OS/c1-3-16-7-14-17-12(9-19-14)8-18-13-6-11(15)5-4-10(13)2/h4-6,9,16H,3,7-8H2,1-2H3. The number of ether oxygens (including phenoxy) is 1. The molecule has 0 amide bonds. The maximum absolute atomic E-state index is 5.82. The van der Waals surface area contributed by atoms with Gasteiger partial charge in [-0.15, -0.1) is 11.3 Å². The van der Waals surface area contributed by atoms with Gasteiger partial charge >= 0.3 is 0 Å². The predicted octanol–water partition coefficient (Wildman–Crippen LogP) is 3.90. The van der Waals surface area contributed by atoms with Gasteiger partial charge in [0.25, 0.3) is 0 Å². The normalized spacial score (nSPS) is 10.7. The summed E-state index contributed by atoms with van der Waals surface area (Å²) in [5, 5.41) is 6.43. The van der Waals surface area contributed by atoms with Crippen LogP contribution in [0.3, 0.4) is 0 Å². The number of rotatable bonds is 6. The first-order chi connectivity index (χ1) is 9.19. The number of hydrogen-bond acceptors (Lipinski definition) is 4. The lowest BCUT2D eigenvalue weighted by Gasteiger charge is -2.08. The van der Waals surface area contributed by atoms with Crippen molar-refractivity contribution in [3.8, 4) is 5.75 Å². The highest BCUT2D eigenvalue weighted by molar-refractivity contribution is 9.10. The van der Waals surface area contributed by atoms with Crippen LogP contribution in [0.2, 0.25) is 0 Å². The summed E-state index contributed by atoms with van der Waals surface area (Å²) in [5.41, 5.74) is 2.11. The molecule has 0 unspecified atom stereocenters. The van der Waals surface area contributed by atoms with Crippen molar-refractivity contribution in [1.29, 1.82) is 0 Å². The number of nitrogens with zero attached hydrogens (tertiary/aromatic N) is 1. The number of aromatic nitrogens is 1. The van der Waals surface area contributed by atoms with E-state index in [-0.39, 0.29) is 0 Å². The van der Waals surface area contributed by atoms with Gasteiger partial charge < -0.3 is 10.1 Å². The average molecular weight is 341 g/mol. The molecule has 5 heteroatoms. The van der Waals surface area contributed by atoms with Gasteiger partial charge in [-0.3, -0.25) is 0 Å². The molecule has 0 aliphatic rings. The minimum Gasteiger partial charge on any atom is -0.487 e. The summed E-state index contributed by atoms with van der Waals surface area (Å²) in [4.78, 5) is 4.53. The number of halogens is 1. The van der Waals surface area contributed by atoms with Crippen molar-refractivity contribution in [2.45, 2.75) is 27.0 Å². The maximum Gasteiger partial charge on any atom is 0.131 e. The van der Waals surface area contributed by atoms with Crippen LogP contribution in [0.5, 0.6) is 5.75 Å². The fourth-order valence-corrected chi connectivity index (χ4v) is 2.70. The molecule has 1 aromatic heterocycles. The van der Waals surface area contributed by atoms with Crippen LogP contribution in [-0.4, -0.2) is 11.5 Å². The predicted molar refractivity (Wildman–Crippen MR) is 82.7 cm³/mol. The van der Waals surface area contributed by atoms with E-state index in [2.05, 4.69) is 38.5 Å². The number of benzene rings is 1. The summed E-state index contributed by atoms with van der Waals surface area (Å²) in [6.07, 6.45) is 0. The molecule has 0 spiro atoms. The van der Waals surface area contributed by atoms with Crippen molar-refractivity contribution >= 4 is 27.3 Å². The van der Waals surface area contributed by atoms with Crippen molar-refractivity contribution < 1.29 is 4.74 Å². The number of hydrogen-bond donors (Lipinski definition) is 1. The van der Waals surface area contributed by atoms with Crippen LogP contribution in [0.4, 0.5) is 0 Å². The summed E-state index contributed by atoms with van der Waals surface area (Å²) in [6, 6.07) is 6.04. The molecule has 0 radical (unpaired) electrons. The number of aryl methyl sites for hydroxylation is 1. The second kappa shape index (κ2) is 7.03. The van der Waals surface area contributed by atoms with Crippen molar-refractivity contribution in [2.75, 3.05) is 6.54 Å². The van der Waals surface area contributed by atoms with E-state index in [1.54, 1.807) is 11.3 Å². The summed E-state index contributed by atoms with van der Waals surface area (Å²) in [6.45, 7) is 6.44. The van der Waals surface area contributed by atoms with Gasteiger partial charge in [0, 0.05) is 16.4 Å². The molecule has 2 aromatic rings. The fraction of sp³-hybridized carbons (Fsp3) is 0.357. The van der Waals surface area contributed by atoms with Gasteiger partial charge in [-0.2, -0.15) is 0 Å². The van der Waals surface area contributed by atoms with Crippen LogP contribution in [0.25, 0.3) is 0 Å². The largest absolute Gasteiger partial charge is 0.487 e. The lowest BCUT2D eigenvalue weighted by Crippen LogP contribution is -2.11. The Bertz CT molecular complexity index is 542. The molecule has 1 aromatic carbocycles. The Morgan fingerprint density at radius 3 is 3.05 bits per heavy atom. The molecule has 19 heavy (non-hydrogen) atoms. The molecule has 0 bridgehead atoms. The molecule has 102 valence electrons. The van der Waals surface area contributed by atoms with Gasteiger partial charge in [0.1, 0.15) is 17.4 Å². The molecule has 3 nitrogen and oxygen atoms in total. The van der Waals surface area contributed by atoms with Gasteiger partial charge in [0.05, 0.1) is 5.69 Å². The quantitative estimate of drug-likeness (QED) is 0.865. The van der Waals surface area contributed by atoms with Crippen molar-refractivity contribution in [3.63, 3.8) is 0 Å². The topological polar surface area (TPSA) is 34.2 Å². The van der Waals surface area contributed by atoms with Gasteiger partial charge in [-0.25, -0.2) is 4.98 Å². The first-order valence-electron chi connectivity index (χ1n) is 6.22. The van der Waals surface area contributed by atoms with Crippen LogP contribution in [0.15, 0.2) is 28.1 Å². The minimum atomic E-state index is 0.514. The Morgan fingerprint density at radius 1 is 1.42 bits per heavy atom. The number of nitrogens with one attached hydrogen (secondary N) is 1. The maximum atomic E-state index is 5.82. The number of thiazole rings is 1. The van der Waals surface area contributed by atoms with Crippen molar-refractivity contribution in [3.05, 3.63) is 44.3 Å². The summed E-state index contributed by atoms with van der Waals surface area (Å²) in [5.74, 6) is 0.899. The van der Waals surface area contributed by atoms with Gasteiger partial charge in [-0.1, -0.05) is 28.9 Å². The molecule has 0 aliphatic carbocycles. The lowest BCUT2D eigenvalue weighted by molar-refractivity contribution is 0.299. The van der Waals surface area contributed by atoms with Crippen molar-refractivity contribution in [2.24, 2.45) is 0 Å². The van der Waals surface area contributed by atoms with E-state index < -0.39 is 0 Å². The van der Waals surface area contributed by atoms with Crippen LogP contribution >= 0.6 is 27.3 Å². The van der Waals surface area contributed by atoms with Crippen LogP contribution in [0, 0.1) is 6.92 Å². The Morgan fingerprint density at radius 2 is 2.26 bits per heavy atom. The van der Waals surface area contributed by atoms with E-state index >= 15 is 0 Å². The first kappa shape index (κ1) is 14.5. The van der Waals surface area contributed by atoms with Crippen LogP contribution < -0.4 is 10.1 Å². The Labute approximate surface area is 126 Å². The Balaban J connectivity index is 1.94. The summed E-state index contributed by atoms with van der Waals surface area (Å²) in [7, 11) is 0. The SMILES string of the molecule is CCNCc1nc(COc2cc(Br)ccc2C)cs1. The molecule has 1 heterocycles. The van der Waals surface area contributed by atoms with E-state index in [4.69, 9.17) is 4.74 Å². The van der Waals surface area contributed by atoms with Gasteiger partial charge in [0.2, 0.25) is 0 Å². The second-order valence-corrected chi connectivity index (χ2v) is 6.07. The zero-order valence-electron chi connectivity index (χ0n) is 11.1. The third kappa shape index (κ3) is 4.30. The second-order valence-electron chi connectivity index (χ2n) is 4.21. The van der Waals surface area contributed by atoms with Gasteiger partial charge in [-0.05, 0) is 31.2 Å². The average Bonchev–Trinajstić information content (AvgIpc) is 2.85. The molecule has 0 atom stereocenters. The zero-order chi connectivity index (χ0) is 13.7. The molecular formula is C14H17BrN2OS. The molecule has 0 fully saturated rings. The Hall–Kier alpha value is -0.910. The van der Waals surface area contributed by atoms with E-state index in [1.807, 2.05) is 25.1 Å². The van der Waals surface area contributed by atoms with Crippen LogP contribution in [0.1, 0.15) is 23.2 Å². The fourth-order valence-electron chi connectivity index (χ4n) is 1.61. The van der Waals surface area contributed by atoms with E-state index in [1.165, 1.54) is 0 Å². The molecule has 2 rings (SSSR count). The highest BCUT2D eigenvalue weighted by Gasteiger charge is 2.05. The molecule has 0 saturated heterocycles. The third-order valence-electron chi connectivity index (χ3n) is 2.65.